The van der Waals surface area contributed by atoms with Crippen molar-refractivity contribution < 1.29 is 23.5 Å². The monoisotopic (exact) mass is 362 g/mol. The summed E-state index contributed by atoms with van der Waals surface area (Å²) in [5.74, 6) is -1.51. The number of nitrogens with zero attached hydrogens (tertiary/aromatic N) is 4. The van der Waals surface area contributed by atoms with E-state index in [0.717, 1.165) is 6.07 Å². The van der Waals surface area contributed by atoms with Gasteiger partial charge in [0.2, 0.25) is 0 Å². The molecule has 8 nitrogen and oxygen atoms in total. The Morgan fingerprint density at radius 2 is 2.19 bits per heavy atom. The van der Waals surface area contributed by atoms with Gasteiger partial charge in [-0.15, -0.1) is 5.10 Å². The van der Waals surface area contributed by atoms with Gasteiger partial charge in [-0.1, -0.05) is 5.21 Å². The maximum atomic E-state index is 14.4. The number of amides is 1. The van der Waals surface area contributed by atoms with E-state index in [1.54, 1.807) is 31.6 Å². The highest BCUT2D eigenvalue weighted by atomic mass is 19.1. The first kappa shape index (κ1) is 17.8. The van der Waals surface area contributed by atoms with Crippen molar-refractivity contribution in [2.75, 3.05) is 11.4 Å². The average Bonchev–Trinajstić information content (AvgIpc) is 3.15. The number of aromatic nitrogens is 3. The van der Waals surface area contributed by atoms with E-state index in [-0.39, 0.29) is 12.1 Å². The van der Waals surface area contributed by atoms with Gasteiger partial charge < -0.3 is 9.47 Å². The third kappa shape index (κ3) is 3.98. The molecule has 0 saturated carbocycles. The second kappa shape index (κ2) is 6.74. The first-order chi connectivity index (χ1) is 12.2. The fourth-order valence-electron chi connectivity index (χ4n) is 2.54. The molecule has 0 spiro atoms. The van der Waals surface area contributed by atoms with Gasteiger partial charge in [-0.25, -0.2) is 18.7 Å². The highest BCUT2D eigenvalue weighted by Gasteiger charge is 2.33. The number of hydrogen-bond donors (Lipinski definition) is 0. The summed E-state index contributed by atoms with van der Waals surface area (Å²) in [6, 6.07) is 3.91. The van der Waals surface area contributed by atoms with E-state index in [1.807, 2.05) is 0 Å². The van der Waals surface area contributed by atoms with Crippen LogP contribution in [0.4, 0.5) is 14.9 Å². The Bertz CT molecular complexity index is 817. The lowest BCUT2D eigenvalue weighted by Crippen LogP contribution is -2.27. The number of anilines is 1. The average molecular weight is 362 g/mol. The smallest absolute Gasteiger partial charge is 0.414 e. The number of esters is 1. The molecule has 0 bridgehead atoms. The minimum atomic E-state index is -0.760. The lowest BCUT2D eigenvalue weighted by atomic mass is 10.1. The number of hydrogen-bond acceptors (Lipinski definition) is 6. The highest BCUT2D eigenvalue weighted by Crippen LogP contribution is 2.25. The van der Waals surface area contributed by atoms with Crippen LogP contribution < -0.4 is 4.90 Å². The number of cyclic esters (lactones) is 1. The van der Waals surface area contributed by atoms with Gasteiger partial charge in [0.05, 0.1) is 30.5 Å². The second-order valence-corrected chi connectivity index (χ2v) is 6.91. The summed E-state index contributed by atoms with van der Waals surface area (Å²) in [7, 11) is 0. The maximum absolute atomic E-state index is 14.4. The van der Waals surface area contributed by atoms with E-state index >= 15 is 0 Å². The van der Waals surface area contributed by atoms with E-state index < -0.39 is 29.6 Å². The van der Waals surface area contributed by atoms with Crippen molar-refractivity contribution >= 4 is 17.7 Å². The van der Waals surface area contributed by atoms with Crippen LogP contribution in [0.2, 0.25) is 0 Å². The summed E-state index contributed by atoms with van der Waals surface area (Å²) in [5.41, 5.74) is -0.605. The standard InChI is InChI=1S/C17H19FN4O4/c1-17(2,3)26-15(23)13-5-4-11(8-14(13)18)22-10-12(25-16(22)24)9-21-7-6-19-20-21/h4-8,12H,9-10H2,1-3H3/t12-/m0/s1. The number of carbonyl (C=O) groups excluding carboxylic acids is 2. The number of halogens is 1. The fraction of sp³-hybridized carbons (Fsp3) is 0.412. The molecular weight excluding hydrogens is 343 g/mol. The van der Waals surface area contributed by atoms with Crippen LogP contribution in [-0.4, -0.2) is 45.3 Å². The molecule has 2 heterocycles. The van der Waals surface area contributed by atoms with Crippen LogP contribution in [0, 0.1) is 5.82 Å². The molecule has 1 amide bonds. The number of ether oxygens (including phenoxy) is 2. The van der Waals surface area contributed by atoms with Gasteiger partial charge in [-0.3, -0.25) is 4.90 Å². The zero-order valence-electron chi connectivity index (χ0n) is 14.7. The number of carbonyl (C=O) groups is 2. The summed E-state index contributed by atoms with van der Waals surface area (Å²) in [5, 5.41) is 7.51. The molecule has 0 radical (unpaired) electrons. The minimum absolute atomic E-state index is 0.185. The molecule has 1 aliphatic heterocycles. The molecule has 0 N–H and O–H groups in total. The Hall–Kier alpha value is -2.97. The predicted molar refractivity (Wildman–Crippen MR) is 89.2 cm³/mol. The molecule has 2 aromatic rings. The SMILES string of the molecule is CC(C)(C)OC(=O)c1ccc(N2C[C@H](Cn3ccnn3)OC2=O)cc1F. The van der Waals surface area contributed by atoms with Crippen LogP contribution in [0.5, 0.6) is 0 Å². The molecule has 0 aliphatic carbocycles. The zero-order valence-corrected chi connectivity index (χ0v) is 14.7. The van der Waals surface area contributed by atoms with E-state index in [2.05, 4.69) is 10.3 Å². The topological polar surface area (TPSA) is 86.6 Å². The third-order valence-corrected chi connectivity index (χ3v) is 3.62. The molecule has 1 aromatic carbocycles. The molecule has 26 heavy (non-hydrogen) atoms. The van der Waals surface area contributed by atoms with Gasteiger partial charge in [-0.2, -0.15) is 0 Å². The normalized spacial score (nSPS) is 17.3. The molecule has 138 valence electrons. The predicted octanol–water partition coefficient (Wildman–Crippen LogP) is 2.40. The molecular formula is C17H19FN4O4. The molecule has 3 rings (SSSR count). The van der Waals surface area contributed by atoms with Crippen LogP contribution >= 0.6 is 0 Å². The van der Waals surface area contributed by atoms with Gasteiger partial charge >= 0.3 is 12.1 Å². The van der Waals surface area contributed by atoms with Crippen molar-refractivity contribution in [2.45, 2.75) is 39.0 Å². The van der Waals surface area contributed by atoms with Gasteiger partial charge in [0.1, 0.15) is 17.5 Å². The van der Waals surface area contributed by atoms with Gasteiger partial charge in [-0.05, 0) is 39.0 Å². The van der Waals surface area contributed by atoms with E-state index in [0.29, 0.717) is 12.2 Å². The lowest BCUT2D eigenvalue weighted by molar-refractivity contribution is 0.00647. The van der Waals surface area contributed by atoms with Crippen molar-refractivity contribution in [1.82, 2.24) is 15.0 Å². The molecule has 1 aliphatic rings. The Labute approximate surface area is 149 Å². The summed E-state index contributed by atoms with van der Waals surface area (Å²) in [6.07, 6.45) is 2.17. The van der Waals surface area contributed by atoms with Crippen molar-refractivity contribution in [2.24, 2.45) is 0 Å². The number of benzene rings is 1. The van der Waals surface area contributed by atoms with Crippen molar-refractivity contribution in [3.05, 3.63) is 42.0 Å². The Morgan fingerprint density at radius 3 is 2.81 bits per heavy atom. The van der Waals surface area contributed by atoms with E-state index in [9.17, 15) is 14.0 Å². The Kier molecular flexibility index (Phi) is 4.62. The van der Waals surface area contributed by atoms with Crippen molar-refractivity contribution in [3.8, 4) is 0 Å². The highest BCUT2D eigenvalue weighted by molar-refractivity contribution is 5.93. The van der Waals surface area contributed by atoms with Crippen LogP contribution in [0.15, 0.2) is 30.6 Å². The Morgan fingerprint density at radius 1 is 1.42 bits per heavy atom. The summed E-state index contributed by atoms with van der Waals surface area (Å²) < 4.78 is 26.3. The van der Waals surface area contributed by atoms with E-state index in [1.165, 1.54) is 23.2 Å². The second-order valence-electron chi connectivity index (χ2n) is 6.91. The minimum Gasteiger partial charge on any atom is -0.456 e. The largest absolute Gasteiger partial charge is 0.456 e. The van der Waals surface area contributed by atoms with Gasteiger partial charge in [0.25, 0.3) is 0 Å². The van der Waals surface area contributed by atoms with Crippen molar-refractivity contribution in [1.29, 1.82) is 0 Å². The lowest BCUT2D eigenvalue weighted by Gasteiger charge is -2.20. The summed E-state index contributed by atoms with van der Waals surface area (Å²) in [6.45, 7) is 5.69. The maximum Gasteiger partial charge on any atom is 0.414 e. The molecule has 1 fully saturated rings. The van der Waals surface area contributed by atoms with Crippen LogP contribution in [0.1, 0.15) is 31.1 Å². The summed E-state index contributed by atoms with van der Waals surface area (Å²) >= 11 is 0. The molecule has 9 heteroatoms. The van der Waals surface area contributed by atoms with Crippen molar-refractivity contribution in [3.63, 3.8) is 0 Å². The number of rotatable bonds is 4. The molecule has 1 atom stereocenters. The zero-order chi connectivity index (χ0) is 18.9. The fourth-order valence-corrected chi connectivity index (χ4v) is 2.54. The van der Waals surface area contributed by atoms with Gasteiger partial charge in [0.15, 0.2) is 0 Å². The first-order valence-corrected chi connectivity index (χ1v) is 8.08. The van der Waals surface area contributed by atoms with Gasteiger partial charge in [0, 0.05) is 6.20 Å². The molecule has 1 aromatic heterocycles. The molecule has 1 saturated heterocycles. The summed E-state index contributed by atoms with van der Waals surface area (Å²) in [4.78, 5) is 25.4. The third-order valence-electron chi connectivity index (χ3n) is 3.62. The van der Waals surface area contributed by atoms with Crippen LogP contribution in [0.3, 0.4) is 0 Å². The van der Waals surface area contributed by atoms with Crippen LogP contribution in [-0.2, 0) is 16.0 Å². The molecule has 0 unspecified atom stereocenters. The Balaban J connectivity index is 1.72. The first-order valence-electron chi connectivity index (χ1n) is 8.08. The van der Waals surface area contributed by atoms with Crippen LogP contribution in [0.25, 0.3) is 0 Å². The van der Waals surface area contributed by atoms with E-state index in [4.69, 9.17) is 9.47 Å². The quantitative estimate of drug-likeness (QED) is 0.776.